The van der Waals surface area contributed by atoms with Gasteiger partial charge in [-0.05, 0) is 26.3 Å². The lowest BCUT2D eigenvalue weighted by molar-refractivity contribution is -0.131. The topological polar surface area (TPSA) is 61.4 Å². The second-order valence-corrected chi connectivity index (χ2v) is 4.54. The van der Waals surface area contributed by atoms with E-state index in [1.807, 2.05) is 6.92 Å². The quantitative estimate of drug-likeness (QED) is 0.597. The van der Waals surface area contributed by atoms with Crippen LogP contribution in [-0.2, 0) is 4.79 Å². The van der Waals surface area contributed by atoms with Gasteiger partial charge in [-0.25, -0.2) is 4.79 Å². The largest absolute Gasteiger partial charge is 0.324 e. The normalized spacial score (nSPS) is 36.9. The second-order valence-electron chi connectivity index (χ2n) is 4.54. The molecule has 5 nitrogen and oxygen atoms in total. The van der Waals surface area contributed by atoms with Crippen LogP contribution in [0.2, 0.25) is 0 Å². The molecule has 0 unspecified atom stereocenters. The minimum absolute atomic E-state index is 0.110. The van der Waals surface area contributed by atoms with Crippen LogP contribution in [0, 0.1) is 5.92 Å². The van der Waals surface area contributed by atoms with E-state index in [1.165, 1.54) is 11.9 Å². The van der Waals surface area contributed by atoms with Crippen LogP contribution >= 0.6 is 0 Å². The van der Waals surface area contributed by atoms with Gasteiger partial charge in [0.05, 0.1) is 0 Å². The van der Waals surface area contributed by atoms with Crippen molar-refractivity contribution in [1.29, 1.82) is 0 Å². The summed E-state index contributed by atoms with van der Waals surface area (Å²) in [5.74, 6) is 0.0915. The Balaban J connectivity index is 2.18. The van der Waals surface area contributed by atoms with E-state index >= 15 is 0 Å². The predicted octanol–water partition coefficient (Wildman–Crippen LogP) is -0.0737. The van der Waals surface area contributed by atoms with Crippen LogP contribution in [0.5, 0.6) is 0 Å². The Morgan fingerprint density at radius 2 is 2.20 bits per heavy atom. The molecular weight excluding hydrogens is 194 g/mol. The average molecular weight is 211 g/mol. The summed E-state index contributed by atoms with van der Waals surface area (Å²) in [6, 6.07) is -0.284. The molecule has 2 N–H and O–H groups in total. The average Bonchev–Trinajstić information content (AvgIpc) is 2.45. The van der Waals surface area contributed by atoms with E-state index in [9.17, 15) is 9.59 Å². The number of carbonyl (C=O) groups is 2. The van der Waals surface area contributed by atoms with Crippen molar-refractivity contribution < 1.29 is 9.59 Å². The number of hydrogen-bond acceptors (Lipinski definition) is 3. The first-order valence-electron chi connectivity index (χ1n) is 5.36. The van der Waals surface area contributed by atoms with Crippen molar-refractivity contribution in [3.8, 4) is 0 Å². The maximum Gasteiger partial charge on any atom is 0.324 e. The molecule has 0 aromatic rings. The van der Waals surface area contributed by atoms with Gasteiger partial charge in [0.2, 0.25) is 0 Å². The van der Waals surface area contributed by atoms with E-state index in [0.29, 0.717) is 0 Å². The van der Waals surface area contributed by atoms with Crippen molar-refractivity contribution in [2.75, 3.05) is 20.1 Å². The van der Waals surface area contributed by atoms with Gasteiger partial charge in [0.1, 0.15) is 5.54 Å². The number of imide groups is 1. The fraction of sp³-hybridized carbons (Fsp3) is 0.800. The summed E-state index contributed by atoms with van der Waals surface area (Å²) in [4.78, 5) is 24.5. The van der Waals surface area contributed by atoms with E-state index in [-0.39, 0.29) is 17.9 Å². The van der Waals surface area contributed by atoms with Gasteiger partial charge in [0.15, 0.2) is 0 Å². The highest BCUT2D eigenvalue weighted by Gasteiger charge is 2.50. The number of hydrogen-bond donors (Lipinski definition) is 2. The van der Waals surface area contributed by atoms with Crippen LogP contribution in [0.4, 0.5) is 4.79 Å². The molecule has 2 aliphatic rings. The minimum atomic E-state index is -0.709. The Bertz CT molecular complexity index is 299. The molecule has 0 aliphatic carbocycles. The summed E-state index contributed by atoms with van der Waals surface area (Å²) in [6.45, 7) is 3.63. The van der Waals surface area contributed by atoms with E-state index in [2.05, 4.69) is 10.6 Å². The van der Waals surface area contributed by atoms with E-state index < -0.39 is 5.54 Å². The Kier molecular flexibility index (Phi) is 2.42. The van der Waals surface area contributed by atoms with Gasteiger partial charge in [-0.3, -0.25) is 9.69 Å². The van der Waals surface area contributed by atoms with E-state index in [0.717, 1.165) is 25.9 Å². The van der Waals surface area contributed by atoms with Crippen LogP contribution in [0.25, 0.3) is 0 Å². The summed E-state index contributed by atoms with van der Waals surface area (Å²) in [5, 5.41) is 6.06. The zero-order valence-corrected chi connectivity index (χ0v) is 9.17. The van der Waals surface area contributed by atoms with Gasteiger partial charge in [-0.15, -0.1) is 0 Å². The van der Waals surface area contributed by atoms with Gasteiger partial charge in [-0.2, -0.15) is 0 Å². The van der Waals surface area contributed by atoms with Crippen molar-refractivity contribution in [3.05, 3.63) is 0 Å². The first-order valence-corrected chi connectivity index (χ1v) is 5.36. The highest BCUT2D eigenvalue weighted by atomic mass is 16.2. The van der Waals surface area contributed by atoms with Gasteiger partial charge >= 0.3 is 6.03 Å². The summed E-state index contributed by atoms with van der Waals surface area (Å²) in [6.07, 6.45) is 2.05. The summed E-state index contributed by atoms with van der Waals surface area (Å²) in [7, 11) is 1.53. The molecule has 2 saturated heterocycles. The predicted molar refractivity (Wildman–Crippen MR) is 55.3 cm³/mol. The fourth-order valence-electron chi connectivity index (χ4n) is 2.42. The molecular formula is C10H17N3O2. The highest BCUT2D eigenvalue weighted by Crippen LogP contribution is 2.29. The molecule has 84 valence electrons. The third-order valence-electron chi connectivity index (χ3n) is 3.53. The highest BCUT2D eigenvalue weighted by molar-refractivity contribution is 6.06. The Labute approximate surface area is 89.2 Å². The SMILES string of the molecule is CN1C(=O)N[C@@](C)([C@H]2CCCNC2)C1=O. The lowest BCUT2D eigenvalue weighted by atomic mass is 9.80. The number of amides is 3. The first-order chi connectivity index (χ1) is 7.05. The molecule has 2 heterocycles. The molecule has 0 aromatic heterocycles. The van der Waals surface area contributed by atoms with Crippen LogP contribution in [0.1, 0.15) is 19.8 Å². The van der Waals surface area contributed by atoms with Crippen LogP contribution in [0.3, 0.4) is 0 Å². The molecule has 15 heavy (non-hydrogen) atoms. The number of carbonyl (C=O) groups excluding carboxylic acids is 2. The Morgan fingerprint density at radius 1 is 1.47 bits per heavy atom. The van der Waals surface area contributed by atoms with Gasteiger partial charge in [0.25, 0.3) is 5.91 Å². The molecule has 2 aliphatic heterocycles. The number of piperidine rings is 1. The Hall–Kier alpha value is -1.10. The van der Waals surface area contributed by atoms with Crippen LogP contribution < -0.4 is 10.6 Å². The molecule has 0 spiro atoms. The minimum Gasteiger partial charge on any atom is -0.323 e. The summed E-state index contributed by atoms with van der Waals surface area (Å²) < 4.78 is 0. The standard InChI is InChI=1S/C10H17N3O2/c1-10(7-4-3-5-11-6-7)8(14)13(2)9(15)12-10/h7,11H,3-6H2,1-2H3,(H,12,15)/t7-,10-/m0/s1. The number of nitrogens with one attached hydrogen (secondary N) is 2. The van der Waals surface area contributed by atoms with Crippen molar-refractivity contribution in [2.24, 2.45) is 5.92 Å². The summed E-state index contributed by atoms with van der Waals surface area (Å²) in [5.41, 5.74) is -0.709. The van der Waals surface area contributed by atoms with E-state index in [4.69, 9.17) is 0 Å². The zero-order chi connectivity index (χ0) is 11.1. The maximum absolute atomic E-state index is 12.0. The number of urea groups is 1. The third-order valence-corrected chi connectivity index (χ3v) is 3.53. The lowest BCUT2D eigenvalue weighted by Gasteiger charge is -2.34. The lowest BCUT2D eigenvalue weighted by Crippen LogP contribution is -2.55. The second kappa shape index (κ2) is 3.48. The van der Waals surface area contributed by atoms with Crippen molar-refractivity contribution in [1.82, 2.24) is 15.5 Å². The van der Waals surface area contributed by atoms with Crippen LogP contribution in [0.15, 0.2) is 0 Å². The number of likely N-dealkylation sites (N-methyl/N-ethyl adjacent to an activating group) is 1. The molecule has 0 saturated carbocycles. The molecule has 2 rings (SSSR count). The maximum atomic E-state index is 12.0. The van der Waals surface area contributed by atoms with Crippen molar-refractivity contribution in [2.45, 2.75) is 25.3 Å². The molecule has 2 atom stereocenters. The molecule has 0 aromatic carbocycles. The molecule has 0 bridgehead atoms. The zero-order valence-electron chi connectivity index (χ0n) is 9.17. The number of nitrogens with zero attached hydrogens (tertiary/aromatic N) is 1. The van der Waals surface area contributed by atoms with E-state index in [1.54, 1.807) is 0 Å². The third kappa shape index (κ3) is 1.51. The van der Waals surface area contributed by atoms with Crippen molar-refractivity contribution >= 4 is 11.9 Å². The van der Waals surface area contributed by atoms with Gasteiger partial charge < -0.3 is 10.6 Å². The van der Waals surface area contributed by atoms with Gasteiger partial charge in [-0.1, -0.05) is 0 Å². The summed E-state index contributed by atoms with van der Waals surface area (Å²) >= 11 is 0. The molecule has 0 radical (unpaired) electrons. The Morgan fingerprint density at radius 3 is 2.67 bits per heavy atom. The fourth-order valence-corrected chi connectivity index (χ4v) is 2.42. The van der Waals surface area contributed by atoms with Crippen LogP contribution in [-0.4, -0.2) is 42.5 Å². The van der Waals surface area contributed by atoms with Crippen molar-refractivity contribution in [3.63, 3.8) is 0 Å². The van der Waals surface area contributed by atoms with Gasteiger partial charge in [0, 0.05) is 19.5 Å². The molecule has 2 fully saturated rings. The molecule has 5 heteroatoms. The smallest absolute Gasteiger partial charge is 0.323 e. The molecule has 3 amide bonds. The first kappa shape index (κ1) is 10.4. The monoisotopic (exact) mass is 211 g/mol. The number of rotatable bonds is 1.